The second-order valence-electron chi connectivity index (χ2n) is 11.4. The van der Waals surface area contributed by atoms with Gasteiger partial charge in [0.2, 0.25) is 0 Å². The van der Waals surface area contributed by atoms with Crippen LogP contribution in [0.2, 0.25) is 0 Å². The van der Waals surface area contributed by atoms with Crippen molar-refractivity contribution in [2.75, 3.05) is 0 Å². The molecule has 0 spiro atoms. The van der Waals surface area contributed by atoms with Crippen LogP contribution in [0.4, 0.5) is 0 Å². The Hall–Kier alpha value is -5.40. The number of benzene rings is 8. The summed E-state index contributed by atoms with van der Waals surface area (Å²) in [6, 6.07) is 50.8. The Morgan fingerprint density at radius 1 is 0.381 bits per heavy atom. The molecule has 1 heteroatoms. The molecular formula is C41H26O. The third-order valence-electron chi connectivity index (χ3n) is 8.94. The highest BCUT2D eigenvalue weighted by molar-refractivity contribution is 6.27. The first-order valence-corrected chi connectivity index (χ1v) is 14.5. The predicted molar refractivity (Wildman–Crippen MR) is 178 cm³/mol. The van der Waals surface area contributed by atoms with E-state index in [1.807, 2.05) is 12.1 Å². The first-order chi connectivity index (χ1) is 20.7. The van der Waals surface area contributed by atoms with Gasteiger partial charge in [-0.25, -0.2) is 0 Å². The van der Waals surface area contributed by atoms with Crippen molar-refractivity contribution in [3.8, 4) is 33.4 Å². The minimum Gasteiger partial charge on any atom is -0.455 e. The molecule has 0 amide bonds. The Bertz CT molecular complexity index is 2440. The summed E-state index contributed by atoms with van der Waals surface area (Å²) >= 11 is 0. The third kappa shape index (κ3) is 3.37. The number of para-hydroxylation sites is 2. The lowest BCUT2D eigenvalue weighted by atomic mass is 9.87. The zero-order chi connectivity index (χ0) is 27.8. The lowest BCUT2D eigenvalue weighted by molar-refractivity contribution is 0.670. The number of furan rings is 1. The highest BCUT2D eigenvalue weighted by Crippen LogP contribution is 2.43. The Balaban J connectivity index is 1.20. The number of aryl methyl sites for hydroxylation is 1. The quantitative estimate of drug-likeness (QED) is 0.205. The molecule has 42 heavy (non-hydrogen) atoms. The fourth-order valence-corrected chi connectivity index (χ4v) is 6.84. The van der Waals surface area contributed by atoms with Crippen LogP contribution in [-0.4, -0.2) is 0 Å². The summed E-state index contributed by atoms with van der Waals surface area (Å²) < 4.78 is 6.32. The molecule has 9 aromatic rings. The van der Waals surface area contributed by atoms with E-state index < -0.39 is 0 Å². The van der Waals surface area contributed by atoms with E-state index in [0.29, 0.717) is 0 Å². The van der Waals surface area contributed by atoms with Gasteiger partial charge in [-0.05, 0) is 73.1 Å². The van der Waals surface area contributed by atoms with E-state index in [4.69, 9.17) is 4.42 Å². The molecule has 0 radical (unpaired) electrons. The fourth-order valence-electron chi connectivity index (χ4n) is 6.84. The van der Waals surface area contributed by atoms with Crippen molar-refractivity contribution in [3.05, 3.63) is 145 Å². The molecule has 0 aliphatic rings. The largest absolute Gasteiger partial charge is 0.455 e. The van der Waals surface area contributed by atoms with Crippen LogP contribution in [0.3, 0.4) is 0 Å². The number of fused-ring (bicyclic) bond motifs is 3. The minimum absolute atomic E-state index is 0.927. The molecule has 0 fully saturated rings. The molecule has 196 valence electrons. The first-order valence-electron chi connectivity index (χ1n) is 14.5. The maximum atomic E-state index is 6.32. The molecule has 0 bridgehead atoms. The monoisotopic (exact) mass is 534 g/mol. The summed E-state index contributed by atoms with van der Waals surface area (Å²) in [6.07, 6.45) is 0. The molecule has 1 nitrogen and oxygen atoms in total. The van der Waals surface area contributed by atoms with Gasteiger partial charge in [-0.3, -0.25) is 0 Å². The van der Waals surface area contributed by atoms with E-state index in [1.165, 1.54) is 60.1 Å². The van der Waals surface area contributed by atoms with E-state index in [0.717, 1.165) is 33.1 Å². The standard InChI is InChI=1S/C41H26O/c1-25-9-11-26(12-10-25)31-21-17-29-20-24-36-32(22-18-30-19-23-35(31)39(29)40(30)36)27-13-15-28(16-14-27)33-6-4-7-37-34-5-2-3-8-38(34)42-41(33)37/h2-24H,1H3. The van der Waals surface area contributed by atoms with Gasteiger partial charge in [0.1, 0.15) is 11.2 Å². The SMILES string of the molecule is Cc1ccc(-c2ccc3ccc4c(-c5ccc(-c6cccc7c6oc6ccccc67)cc5)ccc5ccc2c3c54)cc1. The maximum Gasteiger partial charge on any atom is 0.143 e. The summed E-state index contributed by atoms with van der Waals surface area (Å²) in [4.78, 5) is 0. The van der Waals surface area contributed by atoms with Gasteiger partial charge in [-0.2, -0.15) is 0 Å². The minimum atomic E-state index is 0.927. The average Bonchev–Trinajstić information content (AvgIpc) is 3.43. The topological polar surface area (TPSA) is 13.1 Å². The molecule has 8 aromatic carbocycles. The number of hydrogen-bond donors (Lipinski definition) is 0. The second kappa shape index (κ2) is 8.80. The van der Waals surface area contributed by atoms with Crippen LogP contribution in [0.15, 0.2) is 144 Å². The molecular weight excluding hydrogens is 508 g/mol. The van der Waals surface area contributed by atoms with E-state index >= 15 is 0 Å². The van der Waals surface area contributed by atoms with Crippen LogP contribution in [0.25, 0.3) is 87.6 Å². The third-order valence-corrected chi connectivity index (χ3v) is 8.94. The molecule has 9 rings (SSSR count). The van der Waals surface area contributed by atoms with Gasteiger partial charge in [0, 0.05) is 16.3 Å². The molecule has 0 saturated heterocycles. The molecule has 0 aliphatic heterocycles. The summed E-state index contributed by atoms with van der Waals surface area (Å²) in [5, 5.41) is 10.2. The van der Waals surface area contributed by atoms with Gasteiger partial charge in [0.25, 0.3) is 0 Å². The highest BCUT2D eigenvalue weighted by Gasteiger charge is 2.16. The van der Waals surface area contributed by atoms with Gasteiger partial charge in [0.15, 0.2) is 0 Å². The lowest BCUT2D eigenvalue weighted by Gasteiger charge is -2.17. The van der Waals surface area contributed by atoms with Crippen molar-refractivity contribution in [1.82, 2.24) is 0 Å². The summed E-state index contributed by atoms with van der Waals surface area (Å²) in [5.74, 6) is 0. The van der Waals surface area contributed by atoms with Crippen molar-refractivity contribution in [2.45, 2.75) is 6.92 Å². The summed E-state index contributed by atoms with van der Waals surface area (Å²) in [7, 11) is 0. The number of hydrogen-bond acceptors (Lipinski definition) is 1. The zero-order valence-corrected chi connectivity index (χ0v) is 23.2. The van der Waals surface area contributed by atoms with Crippen LogP contribution in [0.1, 0.15) is 5.56 Å². The molecule has 0 N–H and O–H groups in total. The van der Waals surface area contributed by atoms with Crippen molar-refractivity contribution in [2.24, 2.45) is 0 Å². The molecule has 0 atom stereocenters. The molecule has 0 saturated carbocycles. The fraction of sp³-hybridized carbons (Fsp3) is 0.0244. The maximum absolute atomic E-state index is 6.32. The summed E-state index contributed by atoms with van der Waals surface area (Å²) in [6.45, 7) is 2.14. The first kappa shape index (κ1) is 23.3. The van der Waals surface area contributed by atoms with E-state index in [-0.39, 0.29) is 0 Å². The van der Waals surface area contributed by atoms with Gasteiger partial charge >= 0.3 is 0 Å². The molecule has 1 heterocycles. The zero-order valence-electron chi connectivity index (χ0n) is 23.2. The van der Waals surface area contributed by atoms with Crippen LogP contribution in [0.5, 0.6) is 0 Å². The smallest absolute Gasteiger partial charge is 0.143 e. The van der Waals surface area contributed by atoms with Crippen molar-refractivity contribution in [3.63, 3.8) is 0 Å². The predicted octanol–water partition coefficient (Wildman–Crippen LogP) is 11.8. The van der Waals surface area contributed by atoms with Crippen LogP contribution >= 0.6 is 0 Å². The Labute approximate surface area is 243 Å². The summed E-state index contributed by atoms with van der Waals surface area (Å²) in [5.41, 5.74) is 10.4. The molecule has 1 aromatic heterocycles. The van der Waals surface area contributed by atoms with Crippen molar-refractivity contribution >= 4 is 54.3 Å². The van der Waals surface area contributed by atoms with Gasteiger partial charge in [-0.1, -0.05) is 139 Å². The molecule has 0 unspecified atom stereocenters. The Morgan fingerprint density at radius 3 is 1.55 bits per heavy atom. The van der Waals surface area contributed by atoms with Crippen molar-refractivity contribution in [1.29, 1.82) is 0 Å². The number of rotatable bonds is 3. The van der Waals surface area contributed by atoms with Crippen LogP contribution in [-0.2, 0) is 0 Å². The van der Waals surface area contributed by atoms with Crippen LogP contribution < -0.4 is 0 Å². The lowest BCUT2D eigenvalue weighted by Crippen LogP contribution is -1.89. The normalized spacial score (nSPS) is 11.9. The second-order valence-corrected chi connectivity index (χ2v) is 11.4. The van der Waals surface area contributed by atoms with E-state index in [2.05, 4.69) is 134 Å². The van der Waals surface area contributed by atoms with E-state index in [1.54, 1.807) is 0 Å². The van der Waals surface area contributed by atoms with E-state index in [9.17, 15) is 0 Å². The van der Waals surface area contributed by atoms with Crippen molar-refractivity contribution < 1.29 is 4.42 Å². The van der Waals surface area contributed by atoms with Gasteiger partial charge in [-0.15, -0.1) is 0 Å². The van der Waals surface area contributed by atoms with Gasteiger partial charge in [0.05, 0.1) is 0 Å². The molecule has 0 aliphatic carbocycles. The van der Waals surface area contributed by atoms with Gasteiger partial charge < -0.3 is 4.42 Å². The average molecular weight is 535 g/mol. The van der Waals surface area contributed by atoms with Crippen LogP contribution in [0, 0.1) is 6.92 Å². The Kier molecular flexibility index (Phi) is 4.88. The Morgan fingerprint density at radius 2 is 0.905 bits per heavy atom. The highest BCUT2D eigenvalue weighted by atomic mass is 16.3.